The smallest absolute Gasteiger partial charge is 0.123 e. The van der Waals surface area contributed by atoms with Crippen LogP contribution in [0.1, 0.15) is 0 Å². The molecule has 0 spiro atoms. The third-order valence-electron chi connectivity index (χ3n) is 4.42. The zero-order chi connectivity index (χ0) is 17.6. The molecule has 2 N–H and O–H groups in total. The molecule has 1 heterocycles. The van der Waals surface area contributed by atoms with Crippen LogP contribution in [0.4, 0.5) is 10.1 Å². The summed E-state index contributed by atoms with van der Waals surface area (Å²) in [4.78, 5) is 4.75. The molecular formula is C19H23ClFN2OS+. The minimum atomic E-state index is -0.359. The van der Waals surface area contributed by atoms with Crippen LogP contribution in [-0.4, -0.2) is 49.7 Å². The monoisotopic (exact) mass is 381 g/mol. The number of nitrogens with one attached hydrogen (secondary N) is 1. The van der Waals surface area contributed by atoms with Gasteiger partial charge in [-0.05, 0) is 42.5 Å². The van der Waals surface area contributed by atoms with Crippen LogP contribution >= 0.6 is 23.4 Å². The minimum Gasteiger partial charge on any atom is -0.386 e. The van der Waals surface area contributed by atoms with Gasteiger partial charge in [0.2, 0.25) is 0 Å². The molecule has 0 bridgehead atoms. The van der Waals surface area contributed by atoms with Crippen LogP contribution in [-0.2, 0) is 0 Å². The Morgan fingerprint density at radius 1 is 1.16 bits per heavy atom. The second-order valence-electron chi connectivity index (χ2n) is 6.34. The molecule has 6 heteroatoms. The van der Waals surface area contributed by atoms with Gasteiger partial charge in [-0.3, -0.25) is 0 Å². The predicted octanol–water partition coefficient (Wildman–Crippen LogP) is 2.34. The second kappa shape index (κ2) is 8.90. The van der Waals surface area contributed by atoms with Crippen molar-refractivity contribution in [3.63, 3.8) is 0 Å². The first-order valence-corrected chi connectivity index (χ1v) is 9.87. The Morgan fingerprint density at radius 2 is 1.88 bits per heavy atom. The largest absolute Gasteiger partial charge is 0.386 e. The summed E-state index contributed by atoms with van der Waals surface area (Å²) in [6.45, 7) is 4.69. The zero-order valence-corrected chi connectivity index (χ0v) is 15.6. The molecule has 0 aromatic heterocycles. The van der Waals surface area contributed by atoms with Gasteiger partial charge in [0.25, 0.3) is 0 Å². The molecule has 0 radical (unpaired) electrons. The van der Waals surface area contributed by atoms with Crippen molar-refractivity contribution in [2.45, 2.75) is 11.0 Å². The minimum absolute atomic E-state index is 0.230. The maximum absolute atomic E-state index is 12.9. The van der Waals surface area contributed by atoms with Crippen LogP contribution in [0.15, 0.2) is 53.4 Å². The molecule has 2 aromatic carbocycles. The Morgan fingerprint density at radius 3 is 2.56 bits per heavy atom. The number of quaternary nitrogens is 1. The van der Waals surface area contributed by atoms with Crippen LogP contribution in [0.3, 0.4) is 0 Å². The topological polar surface area (TPSA) is 27.9 Å². The summed E-state index contributed by atoms with van der Waals surface area (Å²) in [5.74, 6) is 0.402. The van der Waals surface area contributed by atoms with Gasteiger partial charge in [0.15, 0.2) is 0 Å². The van der Waals surface area contributed by atoms with Crippen molar-refractivity contribution in [2.75, 3.05) is 43.4 Å². The Balaban J connectivity index is 1.41. The summed E-state index contributed by atoms with van der Waals surface area (Å²) in [5, 5.41) is 11.1. The molecule has 1 fully saturated rings. The van der Waals surface area contributed by atoms with E-state index in [0.717, 1.165) is 42.6 Å². The number of hydrogen-bond acceptors (Lipinski definition) is 3. The molecule has 25 heavy (non-hydrogen) atoms. The van der Waals surface area contributed by atoms with Crippen molar-refractivity contribution in [3.05, 3.63) is 59.4 Å². The van der Waals surface area contributed by atoms with Gasteiger partial charge in [-0.15, -0.1) is 11.8 Å². The van der Waals surface area contributed by atoms with E-state index in [-0.39, 0.29) is 11.9 Å². The van der Waals surface area contributed by atoms with Crippen LogP contribution in [0.25, 0.3) is 0 Å². The number of nitrogens with zero attached hydrogens (tertiary/aromatic N) is 1. The van der Waals surface area contributed by atoms with Gasteiger partial charge in [0.05, 0.1) is 26.2 Å². The highest BCUT2D eigenvalue weighted by Gasteiger charge is 2.22. The van der Waals surface area contributed by atoms with Gasteiger partial charge in [0.1, 0.15) is 18.5 Å². The summed E-state index contributed by atoms with van der Waals surface area (Å²) in [6.07, 6.45) is -0.359. The van der Waals surface area contributed by atoms with Crippen molar-refractivity contribution in [1.82, 2.24) is 0 Å². The Labute approximate surface area is 157 Å². The first-order valence-electron chi connectivity index (χ1n) is 8.50. The molecule has 1 aliphatic heterocycles. The Kier molecular flexibility index (Phi) is 6.59. The molecule has 3 nitrogen and oxygen atoms in total. The maximum atomic E-state index is 12.9. The number of piperazine rings is 1. The quantitative estimate of drug-likeness (QED) is 0.752. The average Bonchev–Trinajstić information content (AvgIpc) is 2.62. The van der Waals surface area contributed by atoms with Gasteiger partial charge >= 0.3 is 0 Å². The van der Waals surface area contributed by atoms with Gasteiger partial charge in [-0.25, -0.2) is 4.39 Å². The molecule has 1 saturated heterocycles. The number of rotatable bonds is 6. The number of halogens is 2. The maximum Gasteiger partial charge on any atom is 0.123 e. The molecule has 1 atom stereocenters. The number of thioether (sulfide) groups is 1. The lowest BCUT2D eigenvalue weighted by molar-refractivity contribution is -0.903. The normalized spacial score (nSPS) is 16.8. The van der Waals surface area contributed by atoms with E-state index in [1.165, 1.54) is 22.7 Å². The Bertz CT molecular complexity index is 677. The van der Waals surface area contributed by atoms with Crippen LogP contribution in [0, 0.1) is 5.82 Å². The molecule has 0 aliphatic carbocycles. The van der Waals surface area contributed by atoms with Crippen molar-refractivity contribution < 1.29 is 14.4 Å². The molecule has 3 rings (SSSR count). The van der Waals surface area contributed by atoms with E-state index < -0.39 is 0 Å². The number of benzene rings is 2. The summed E-state index contributed by atoms with van der Waals surface area (Å²) < 4.78 is 12.9. The molecule has 134 valence electrons. The van der Waals surface area contributed by atoms with Crippen molar-refractivity contribution in [3.8, 4) is 0 Å². The summed E-state index contributed by atoms with van der Waals surface area (Å²) >= 11 is 7.64. The van der Waals surface area contributed by atoms with Gasteiger partial charge in [-0.1, -0.05) is 17.7 Å². The lowest BCUT2D eigenvalue weighted by atomic mass is 10.2. The van der Waals surface area contributed by atoms with Crippen LogP contribution in [0.5, 0.6) is 0 Å². The third-order valence-corrected chi connectivity index (χ3v) is 5.82. The molecule has 2 aromatic rings. The van der Waals surface area contributed by atoms with E-state index >= 15 is 0 Å². The number of aliphatic hydroxyl groups excluding tert-OH is 1. The average molecular weight is 382 g/mol. The fourth-order valence-corrected chi connectivity index (χ4v) is 4.09. The predicted molar refractivity (Wildman–Crippen MR) is 102 cm³/mol. The highest BCUT2D eigenvalue weighted by atomic mass is 35.5. The fraction of sp³-hybridized carbons (Fsp3) is 0.368. The first kappa shape index (κ1) is 18.5. The highest BCUT2D eigenvalue weighted by molar-refractivity contribution is 7.99. The number of aliphatic hydroxyl groups is 1. The summed E-state index contributed by atoms with van der Waals surface area (Å²) in [5.41, 5.74) is 1.17. The third kappa shape index (κ3) is 5.61. The van der Waals surface area contributed by atoms with Crippen molar-refractivity contribution >= 4 is 29.1 Å². The van der Waals surface area contributed by atoms with Crippen molar-refractivity contribution in [1.29, 1.82) is 0 Å². The summed E-state index contributed by atoms with van der Waals surface area (Å²) in [7, 11) is 0. The van der Waals surface area contributed by atoms with Gasteiger partial charge in [-0.2, -0.15) is 0 Å². The van der Waals surface area contributed by atoms with E-state index in [9.17, 15) is 9.50 Å². The zero-order valence-electron chi connectivity index (χ0n) is 14.0. The number of hydrogen-bond donors (Lipinski definition) is 2. The molecule has 0 unspecified atom stereocenters. The Hall–Kier alpha value is -1.27. The van der Waals surface area contributed by atoms with E-state index in [1.807, 2.05) is 18.2 Å². The fourth-order valence-electron chi connectivity index (χ4n) is 3.07. The first-order chi connectivity index (χ1) is 12.1. The van der Waals surface area contributed by atoms with Crippen LogP contribution in [0.2, 0.25) is 5.02 Å². The second-order valence-corrected chi connectivity index (χ2v) is 7.87. The van der Waals surface area contributed by atoms with Crippen LogP contribution < -0.4 is 9.80 Å². The van der Waals surface area contributed by atoms with Gasteiger partial charge in [0, 0.05) is 21.4 Å². The van der Waals surface area contributed by atoms with E-state index in [1.54, 1.807) is 23.9 Å². The van der Waals surface area contributed by atoms with Crippen molar-refractivity contribution in [2.24, 2.45) is 0 Å². The lowest BCUT2D eigenvalue weighted by Crippen LogP contribution is -3.15. The molecule has 1 aliphatic rings. The van der Waals surface area contributed by atoms with E-state index in [2.05, 4.69) is 11.0 Å². The number of anilines is 1. The molecule has 0 saturated carbocycles. The standard InChI is InChI=1S/C19H22ClFN2OS/c20-15-2-1-3-17(12-15)23-10-8-22(9-11-23)13-18(24)14-25-19-6-4-16(21)5-7-19/h1-7,12,18,24H,8-11,13-14H2/p+1/t18-/m1/s1. The lowest BCUT2D eigenvalue weighted by Gasteiger charge is -2.34. The molecular weight excluding hydrogens is 359 g/mol. The van der Waals surface area contributed by atoms with E-state index in [0.29, 0.717) is 5.75 Å². The van der Waals surface area contributed by atoms with Gasteiger partial charge < -0.3 is 14.9 Å². The van der Waals surface area contributed by atoms with E-state index in [4.69, 9.17) is 11.6 Å². The SMILES string of the molecule is O[C@@H](CSc1ccc(F)cc1)C[NH+]1CCN(c2cccc(Cl)c2)CC1. The highest BCUT2D eigenvalue weighted by Crippen LogP contribution is 2.20. The molecule has 0 amide bonds. The summed E-state index contributed by atoms with van der Waals surface area (Å²) in [6, 6.07) is 14.4.